The summed E-state index contributed by atoms with van der Waals surface area (Å²) >= 11 is 6.50. The van der Waals surface area contributed by atoms with Crippen LogP contribution in [0, 0.1) is 0 Å². The highest BCUT2D eigenvalue weighted by Crippen LogP contribution is 2.35. The number of halogens is 4. The number of rotatable bonds is 3. The fraction of sp³-hybridized carbons (Fsp3) is 0.316. The van der Waals surface area contributed by atoms with Gasteiger partial charge in [0.15, 0.2) is 0 Å². The number of hydrogen-bond acceptors (Lipinski definition) is 6. The van der Waals surface area contributed by atoms with Gasteiger partial charge in [-0.05, 0) is 18.2 Å². The minimum Gasteiger partial charge on any atom is -0.383 e. The molecule has 0 spiro atoms. The third-order valence-corrected chi connectivity index (χ3v) is 5.11. The van der Waals surface area contributed by atoms with Crippen molar-refractivity contribution in [2.75, 3.05) is 36.8 Å². The molecular weight excluding hydrogens is 405 g/mol. The van der Waals surface area contributed by atoms with Crippen LogP contribution in [0.1, 0.15) is 5.56 Å². The summed E-state index contributed by atoms with van der Waals surface area (Å²) in [6.45, 7) is 3.38. The number of nitrogen functional groups attached to an aromatic ring is 1. The van der Waals surface area contributed by atoms with Crippen molar-refractivity contribution >= 4 is 34.1 Å². The monoisotopic (exact) mass is 422 g/mol. The van der Waals surface area contributed by atoms with Gasteiger partial charge in [-0.15, -0.1) is 0 Å². The third kappa shape index (κ3) is 4.20. The van der Waals surface area contributed by atoms with Crippen LogP contribution >= 0.6 is 11.6 Å². The molecule has 29 heavy (non-hydrogen) atoms. The van der Waals surface area contributed by atoms with Gasteiger partial charge in [-0.2, -0.15) is 13.2 Å². The van der Waals surface area contributed by atoms with E-state index in [0.717, 1.165) is 37.4 Å². The quantitative estimate of drug-likeness (QED) is 0.673. The Labute approximate surface area is 169 Å². The van der Waals surface area contributed by atoms with E-state index >= 15 is 0 Å². The average Bonchev–Trinajstić information content (AvgIpc) is 2.68. The predicted molar refractivity (Wildman–Crippen MR) is 107 cm³/mol. The van der Waals surface area contributed by atoms with E-state index in [1.54, 1.807) is 12.1 Å². The molecular formula is C19H18ClF3N6. The van der Waals surface area contributed by atoms with Gasteiger partial charge in [-0.3, -0.25) is 0 Å². The van der Waals surface area contributed by atoms with Crippen LogP contribution in [-0.2, 0) is 6.42 Å². The molecule has 0 aliphatic carbocycles. The summed E-state index contributed by atoms with van der Waals surface area (Å²) in [6.07, 6.45) is -3.99. The van der Waals surface area contributed by atoms with Gasteiger partial charge < -0.3 is 16.0 Å². The van der Waals surface area contributed by atoms with E-state index in [1.165, 1.54) is 18.5 Å². The van der Waals surface area contributed by atoms with Crippen molar-refractivity contribution in [2.24, 2.45) is 0 Å². The molecule has 1 saturated heterocycles. The summed E-state index contributed by atoms with van der Waals surface area (Å²) in [4.78, 5) is 15.1. The molecule has 3 N–H and O–H groups in total. The van der Waals surface area contributed by atoms with E-state index in [0.29, 0.717) is 21.8 Å². The molecule has 1 aliphatic rings. The summed E-state index contributed by atoms with van der Waals surface area (Å²) in [7, 11) is 0. The van der Waals surface area contributed by atoms with E-state index in [4.69, 9.17) is 17.3 Å². The molecule has 0 amide bonds. The molecule has 1 fully saturated rings. The van der Waals surface area contributed by atoms with Crippen molar-refractivity contribution in [2.45, 2.75) is 12.6 Å². The van der Waals surface area contributed by atoms with Gasteiger partial charge in [0.25, 0.3) is 0 Å². The zero-order valence-electron chi connectivity index (χ0n) is 15.3. The van der Waals surface area contributed by atoms with Crippen molar-refractivity contribution < 1.29 is 13.2 Å². The van der Waals surface area contributed by atoms with Crippen LogP contribution in [-0.4, -0.2) is 47.3 Å². The molecule has 6 nitrogen and oxygen atoms in total. The normalized spacial score (nSPS) is 15.1. The van der Waals surface area contributed by atoms with Crippen molar-refractivity contribution in [1.82, 2.24) is 20.3 Å². The number of benzene rings is 1. The standard InChI is InChI=1S/C19H18ClF3N6/c20-14-7-13-16(26-10-27-18(13)29-5-3-25-4-6-29)8-12(14)15-2-1-11(17(24)28-15)9-19(21,22)23/h1-2,7-8,10,25H,3-6,9H2,(H2,24,28). The Morgan fingerprint density at radius 1 is 1.14 bits per heavy atom. The van der Waals surface area contributed by atoms with Crippen LogP contribution in [0.25, 0.3) is 22.2 Å². The van der Waals surface area contributed by atoms with Crippen molar-refractivity contribution in [3.05, 3.63) is 41.2 Å². The summed E-state index contributed by atoms with van der Waals surface area (Å²) in [5, 5.41) is 4.51. The Balaban J connectivity index is 1.73. The van der Waals surface area contributed by atoms with Crippen LogP contribution in [0.2, 0.25) is 5.02 Å². The second-order valence-corrected chi connectivity index (χ2v) is 7.22. The van der Waals surface area contributed by atoms with Gasteiger partial charge in [0.05, 0.1) is 22.7 Å². The maximum Gasteiger partial charge on any atom is 0.393 e. The maximum atomic E-state index is 12.6. The van der Waals surface area contributed by atoms with Gasteiger partial charge >= 0.3 is 6.18 Å². The Kier molecular flexibility index (Phi) is 5.18. The van der Waals surface area contributed by atoms with Gasteiger partial charge in [0.2, 0.25) is 0 Å². The first-order chi connectivity index (χ1) is 13.8. The zero-order valence-corrected chi connectivity index (χ0v) is 16.1. The van der Waals surface area contributed by atoms with Crippen molar-refractivity contribution in [3.8, 4) is 11.3 Å². The lowest BCUT2D eigenvalue weighted by atomic mass is 10.1. The highest BCUT2D eigenvalue weighted by Gasteiger charge is 2.29. The largest absolute Gasteiger partial charge is 0.393 e. The zero-order chi connectivity index (χ0) is 20.6. The van der Waals surface area contributed by atoms with Crippen LogP contribution < -0.4 is 16.0 Å². The lowest BCUT2D eigenvalue weighted by molar-refractivity contribution is -0.127. The van der Waals surface area contributed by atoms with E-state index in [2.05, 4.69) is 25.2 Å². The molecule has 0 bridgehead atoms. The van der Waals surface area contributed by atoms with Gasteiger partial charge in [0.1, 0.15) is 18.0 Å². The molecule has 1 aromatic carbocycles. The number of fused-ring (bicyclic) bond motifs is 1. The number of anilines is 2. The fourth-order valence-corrected chi connectivity index (χ4v) is 3.67. The minimum absolute atomic E-state index is 0.0681. The average molecular weight is 423 g/mol. The molecule has 10 heteroatoms. The number of pyridine rings is 1. The number of piperazine rings is 1. The lowest BCUT2D eigenvalue weighted by Crippen LogP contribution is -2.44. The summed E-state index contributed by atoms with van der Waals surface area (Å²) < 4.78 is 37.9. The first kappa shape index (κ1) is 19.7. The molecule has 0 saturated carbocycles. The first-order valence-electron chi connectivity index (χ1n) is 9.04. The number of hydrogen-bond donors (Lipinski definition) is 2. The van der Waals surface area contributed by atoms with Crippen molar-refractivity contribution in [3.63, 3.8) is 0 Å². The van der Waals surface area contributed by atoms with E-state index in [9.17, 15) is 13.2 Å². The van der Waals surface area contributed by atoms with E-state index in [1.807, 2.05) is 0 Å². The number of nitrogens with zero attached hydrogens (tertiary/aromatic N) is 4. The van der Waals surface area contributed by atoms with Crippen LogP contribution in [0.3, 0.4) is 0 Å². The third-order valence-electron chi connectivity index (χ3n) is 4.80. The Morgan fingerprint density at radius 2 is 1.90 bits per heavy atom. The number of aromatic nitrogens is 3. The Hall–Kier alpha value is -2.65. The van der Waals surface area contributed by atoms with Crippen LogP contribution in [0.4, 0.5) is 24.8 Å². The Bertz CT molecular complexity index is 1050. The van der Waals surface area contributed by atoms with Gasteiger partial charge in [-0.1, -0.05) is 17.7 Å². The lowest BCUT2D eigenvalue weighted by Gasteiger charge is -2.29. The second kappa shape index (κ2) is 7.64. The molecule has 1 aliphatic heterocycles. The SMILES string of the molecule is Nc1nc(-c2cc3ncnc(N4CCNCC4)c3cc2Cl)ccc1CC(F)(F)F. The molecule has 2 aromatic heterocycles. The topological polar surface area (TPSA) is 80.0 Å². The Morgan fingerprint density at radius 3 is 2.59 bits per heavy atom. The number of nitrogens with two attached hydrogens (primary N) is 1. The summed E-state index contributed by atoms with van der Waals surface area (Å²) in [5.41, 5.74) is 7.31. The van der Waals surface area contributed by atoms with Crippen LogP contribution in [0.5, 0.6) is 0 Å². The number of nitrogens with one attached hydrogen (secondary N) is 1. The molecule has 4 rings (SSSR count). The number of alkyl halides is 3. The maximum absolute atomic E-state index is 12.6. The van der Waals surface area contributed by atoms with Crippen molar-refractivity contribution in [1.29, 1.82) is 0 Å². The highest BCUT2D eigenvalue weighted by molar-refractivity contribution is 6.34. The molecule has 3 heterocycles. The molecule has 152 valence electrons. The minimum atomic E-state index is -4.35. The first-order valence-corrected chi connectivity index (χ1v) is 9.42. The smallest absolute Gasteiger partial charge is 0.383 e. The predicted octanol–water partition coefficient (Wildman–Crippen LogP) is 3.44. The highest BCUT2D eigenvalue weighted by atomic mass is 35.5. The molecule has 0 radical (unpaired) electrons. The fourth-order valence-electron chi connectivity index (χ4n) is 3.41. The molecule has 3 aromatic rings. The second-order valence-electron chi connectivity index (χ2n) is 6.82. The summed E-state index contributed by atoms with van der Waals surface area (Å²) in [6, 6.07) is 6.35. The van der Waals surface area contributed by atoms with Gasteiger partial charge in [0, 0.05) is 42.7 Å². The van der Waals surface area contributed by atoms with Gasteiger partial charge in [-0.25, -0.2) is 15.0 Å². The van der Waals surface area contributed by atoms with E-state index < -0.39 is 12.6 Å². The summed E-state index contributed by atoms with van der Waals surface area (Å²) in [5.74, 6) is 0.637. The van der Waals surface area contributed by atoms with Crippen LogP contribution in [0.15, 0.2) is 30.6 Å². The molecule has 0 unspecified atom stereocenters. The van der Waals surface area contributed by atoms with E-state index in [-0.39, 0.29) is 11.4 Å². The molecule has 0 atom stereocenters.